The molecule has 2 fully saturated rings. The molecule has 2 aliphatic heterocycles. The second-order valence-electron chi connectivity index (χ2n) is 10.5. The van der Waals surface area contributed by atoms with E-state index >= 15 is 0 Å². The van der Waals surface area contributed by atoms with Crippen molar-refractivity contribution in [3.05, 3.63) is 42.2 Å². The molecule has 10 heteroatoms. The standard InChI is InChI=1S/C27H35N5O5/c1-27(2,3)37-26(34)31-10-4-11-36-24(17-31)25(33)30-22(14-28)13-19-5-7-20(8-6-19)21-15-29-32(16-21)23-9-12-35-18-23/h5-8,15-16,22-24H,4,9-13,17-18H2,1-3H3,(H,30,33)/t22-,23+,24-/m0/s1. The van der Waals surface area contributed by atoms with Crippen LogP contribution >= 0.6 is 0 Å². The second kappa shape index (κ2) is 11.8. The molecule has 1 aromatic carbocycles. The van der Waals surface area contributed by atoms with E-state index in [1.54, 1.807) is 20.8 Å². The minimum absolute atomic E-state index is 0.0776. The first-order valence-corrected chi connectivity index (χ1v) is 12.7. The number of rotatable bonds is 6. The molecule has 0 unspecified atom stereocenters. The van der Waals surface area contributed by atoms with E-state index in [1.807, 2.05) is 41.3 Å². The van der Waals surface area contributed by atoms with Crippen LogP contribution in [-0.2, 0) is 25.4 Å². The smallest absolute Gasteiger partial charge is 0.410 e. The van der Waals surface area contributed by atoms with Gasteiger partial charge in [0.2, 0.25) is 0 Å². The highest BCUT2D eigenvalue weighted by molar-refractivity contribution is 5.82. The number of nitrogens with one attached hydrogen (secondary N) is 1. The lowest BCUT2D eigenvalue weighted by Gasteiger charge is -2.27. The molecule has 3 atom stereocenters. The van der Waals surface area contributed by atoms with E-state index in [4.69, 9.17) is 14.2 Å². The topological polar surface area (TPSA) is 119 Å². The molecule has 0 spiro atoms. The van der Waals surface area contributed by atoms with Crippen LogP contribution in [0.3, 0.4) is 0 Å². The van der Waals surface area contributed by atoms with E-state index in [1.165, 1.54) is 4.90 Å². The highest BCUT2D eigenvalue weighted by Crippen LogP contribution is 2.24. The molecule has 198 valence electrons. The van der Waals surface area contributed by atoms with Crippen LogP contribution < -0.4 is 5.32 Å². The largest absolute Gasteiger partial charge is 0.444 e. The maximum absolute atomic E-state index is 12.9. The normalized spacial score (nSPS) is 21.1. The number of ether oxygens (including phenoxy) is 3. The quantitative estimate of drug-likeness (QED) is 0.636. The Kier molecular flexibility index (Phi) is 8.46. The summed E-state index contributed by atoms with van der Waals surface area (Å²) in [5, 5.41) is 16.9. The van der Waals surface area contributed by atoms with Crippen molar-refractivity contribution in [3.8, 4) is 17.2 Å². The first-order valence-electron chi connectivity index (χ1n) is 12.7. The van der Waals surface area contributed by atoms with E-state index in [2.05, 4.69) is 16.5 Å². The zero-order valence-electron chi connectivity index (χ0n) is 21.7. The lowest BCUT2D eigenvalue weighted by molar-refractivity contribution is -0.133. The fourth-order valence-corrected chi connectivity index (χ4v) is 4.36. The van der Waals surface area contributed by atoms with E-state index in [0.29, 0.717) is 32.6 Å². The highest BCUT2D eigenvalue weighted by atomic mass is 16.6. The number of carbonyl (C=O) groups is 2. The molecule has 2 aromatic rings. The van der Waals surface area contributed by atoms with Gasteiger partial charge >= 0.3 is 6.09 Å². The minimum Gasteiger partial charge on any atom is -0.444 e. The van der Waals surface area contributed by atoms with E-state index in [-0.39, 0.29) is 12.6 Å². The first kappa shape index (κ1) is 26.6. The predicted molar refractivity (Wildman–Crippen MR) is 136 cm³/mol. The highest BCUT2D eigenvalue weighted by Gasteiger charge is 2.31. The van der Waals surface area contributed by atoms with Crippen LogP contribution in [0.25, 0.3) is 11.1 Å². The molecule has 37 heavy (non-hydrogen) atoms. The third kappa shape index (κ3) is 7.31. The molecule has 3 heterocycles. The Balaban J connectivity index is 1.33. The van der Waals surface area contributed by atoms with Gasteiger partial charge in [-0.25, -0.2) is 4.79 Å². The Hall–Kier alpha value is -3.42. The number of hydrogen-bond acceptors (Lipinski definition) is 7. The third-order valence-electron chi connectivity index (χ3n) is 6.30. The van der Waals surface area contributed by atoms with Gasteiger partial charge in [0.25, 0.3) is 5.91 Å². The minimum atomic E-state index is -0.866. The van der Waals surface area contributed by atoms with Crippen molar-refractivity contribution in [2.24, 2.45) is 0 Å². The molecule has 1 aromatic heterocycles. The SMILES string of the molecule is CC(C)(C)OC(=O)N1CCCO[C@H](C(=O)N[C@H](C#N)Cc2ccc(-c3cnn([C@@H]4CCOC4)c3)cc2)C1. The Morgan fingerprint density at radius 3 is 2.70 bits per heavy atom. The maximum Gasteiger partial charge on any atom is 0.410 e. The molecular weight excluding hydrogens is 474 g/mol. The average Bonchev–Trinajstić information content (AvgIpc) is 3.50. The van der Waals surface area contributed by atoms with Gasteiger partial charge in [-0.3, -0.25) is 9.48 Å². The van der Waals surface area contributed by atoms with Crippen molar-refractivity contribution in [1.82, 2.24) is 20.0 Å². The zero-order valence-corrected chi connectivity index (χ0v) is 21.7. The van der Waals surface area contributed by atoms with Crippen LogP contribution in [0.2, 0.25) is 0 Å². The van der Waals surface area contributed by atoms with Crippen molar-refractivity contribution in [2.45, 2.75) is 63.8 Å². The molecule has 0 bridgehead atoms. The van der Waals surface area contributed by atoms with Gasteiger partial charge < -0.3 is 24.4 Å². The number of benzene rings is 1. The summed E-state index contributed by atoms with van der Waals surface area (Å²) in [6.45, 7) is 7.71. The van der Waals surface area contributed by atoms with Crippen LogP contribution in [0.4, 0.5) is 4.79 Å². The summed E-state index contributed by atoms with van der Waals surface area (Å²) < 4.78 is 18.5. The molecule has 4 rings (SSSR count). The average molecular weight is 510 g/mol. The van der Waals surface area contributed by atoms with Gasteiger partial charge in [0, 0.05) is 37.9 Å². The summed E-state index contributed by atoms with van der Waals surface area (Å²) in [7, 11) is 0. The summed E-state index contributed by atoms with van der Waals surface area (Å²) in [6.07, 6.45) is 4.45. The van der Waals surface area contributed by atoms with Gasteiger partial charge in [-0.05, 0) is 44.7 Å². The van der Waals surface area contributed by atoms with Gasteiger partial charge in [-0.15, -0.1) is 0 Å². The molecule has 2 amide bonds. The Morgan fingerprint density at radius 2 is 2.03 bits per heavy atom. The number of hydrogen-bond donors (Lipinski definition) is 1. The van der Waals surface area contributed by atoms with Gasteiger partial charge in [0.05, 0.1) is 31.5 Å². The fourth-order valence-electron chi connectivity index (χ4n) is 4.36. The molecular formula is C27H35N5O5. The van der Waals surface area contributed by atoms with Crippen LogP contribution in [0, 0.1) is 11.3 Å². The van der Waals surface area contributed by atoms with Crippen LogP contribution in [0.15, 0.2) is 36.7 Å². The van der Waals surface area contributed by atoms with Crippen molar-refractivity contribution < 1.29 is 23.8 Å². The summed E-state index contributed by atoms with van der Waals surface area (Å²) >= 11 is 0. The van der Waals surface area contributed by atoms with E-state index in [0.717, 1.165) is 29.7 Å². The number of amides is 2. The summed E-state index contributed by atoms with van der Waals surface area (Å²) in [5.74, 6) is -0.415. The van der Waals surface area contributed by atoms with Crippen molar-refractivity contribution in [2.75, 3.05) is 32.9 Å². The molecule has 0 saturated carbocycles. The molecule has 0 aliphatic carbocycles. The number of carbonyl (C=O) groups excluding carboxylic acids is 2. The van der Waals surface area contributed by atoms with Crippen molar-refractivity contribution >= 4 is 12.0 Å². The fraction of sp³-hybridized carbons (Fsp3) is 0.556. The summed E-state index contributed by atoms with van der Waals surface area (Å²) in [6, 6.07) is 9.60. The summed E-state index contributed by atoms with van der Waals surface area (Å²) in [5.41, 5.74) is 2.34. The lowest BCUT2D eigenvalue weighted by atomic mass is 10.0. The summed E-state index contributed by atoms with van der Waals surface area (Å²) in [4.78, 5) is 26.9. The monoisotopic (exact) mass is 509 g/mol. The molecule has 2 saturated heterocycles. The number of nitriles is 1. The molecule has 10 nitrogen and oxygen atoms in total. The number of nitrogens with zero attached hydrogens (tertiary/aromatic N) is 4. The predicted octanol–water partition coefficient (Wildman–Crippen LogP) is 3.09. The lowest BCUT2D eigenvalue weighted by Crippen LogP contribution is -2.48. The third-order valence-corrected chi connectivity index (χ3v) is 6.30. The van der Waals surface area contributed by atoms with Gasteiger partial charge in [0.1, 0.15) is 11.6 Å². The van der Waals surface area contributed by atoms with E-state index < -0.39 is 29.7 Å². The van der Waals surface area contributed by atoms with Crippen molar-refractivity contribution in [3.63, 3.8) is 0 Å². The molecule has 0 radical (unpaired) electrons. The van der Waals surface area contributed by atoms with E-state index in [9.17, 15) is 14.9 Å². The molecule has 1 N–H and O–H groups in total. The van der Waals surface area contributed by atoms with Crippen LogP contribution in [0.5, 0.6) is 0 Å². The Bertz CT molecular complexity index is 1110. The van der Waals surface area contributed by atoms with Gasteiger partial charge in [-0.2, -0.15) is 10.4 Å². The van der Waals surface area contributed by atoms with Crippen LogP contribution in [0.1, 0.15) is 45.2 Å². The zero-order chi connectivity index (χ0) is 26.4. The van der Waals surface area contributed by atoms with Gasteiger partial charge in [-0.1, -0.05) is 24.3 Å². The maximum atomic E-state index is 12.9. The van der Waals surface area contributed by atoms with Crippen molar-refractivity contribution in [1.29, 1.82) is 5.26 Å². The van der Waals surface area contributed by atoms with Gasteiger partial charge in [0.15, 0.2) is 6.10 Å². The Morgan fingerprint density at radius 1 is 1.24 bits per heavy atom. The number of aromatic nitrogens is 2. The molecule has 2 aliphatic rings. The Labute approximate surface area is 217 Å². The first-order chi connectivity index (χ1) is 17.7. The second-order valence-corrected chi connectivity index (χ2v) is 10.5. The van der Waals surface area contributed by atoms with Crippen LogP contribution in [-0.4, -0.2) is 77.3 Å².